The minimum atomic E-state index is -0.0802. The summed E-state index contributed by atoms with van der Waals surface area (Å²) in [6.45, 7) is 2.81. The lowest BCUT2D eigenvalue weighted by Crippen LogP contribution is -2.27. The first kappa shape index (κ1) is 16.4. The summed E-state index contributed by atoms with van der Waals surface area (Å²) in [7, 11) is 1.78. The van der Waals surface area contributed by atoms with E-state index in [1.165, 1.54) is 12.4 Å². The highest BCUT2D eigenvalue weighted by molar-refractivity contribution is 5.93. The van der Waals surface area contributed by atoms with Crippen LogP contribution in [0, 0.1) is 11.3 Å². The summed E-state index contributed by atoms with van der Waals surface area (Å²) in [5.74, 6) is 0.325. The Hall–Kier alpha value is -2.94. The number of amides is 1. The van der Waals surface area contributed by atoms with E-state index >= 15 is 0 Å². The number of aromatic nitrogens is 2. The number of carbonyl (C=O) groups is 1. The van der Waals surface area contributed by atoms with Crippen molar-refractivity contribution in [2.24, 2.45) is 0 Å². The first-order valence-corrected chi connectivity index (χ1v) is 7.48. The molecule has 0 unspecified atom stereocenters. The molecule has 1 N–H and O–H groups in total. The molecule has 0 fully saturated rings. The molecule has 0 atom stereocenters. The minimum absolute atomic E-state index is 0.0802. The number of unbranched alkanes of at least 4 members (excludes halogenated alkanes) is 1. The fourth-order valence-electron chi connectivity index (χ4n) is 1.98. The molecule has 23 heavy (non-hydrogen) atoms. The Kier molecular flexibility index (Phi) is 5.64. The zero-order valence-corrected chi connectivity index (χ0v) is 13.3. The van der Waals surface area contributed by atoms with Crippen molar-refractivity contribution < 1.29 is 4.79 Å². The van der Waals surface area contributed by atoms with E-state index in [0.29, 0.717) is 17.1 Å². The number of nitrogens with one attached hydrogen (secondary N) is 1. The Labute approximate surface area is 135 Å². The molecule has 0 aliphatic rings. The SMILES string of the molecule is CCCCN(C)C(=O)c1cnc(Nc2ccc(C#N)cc2)nc1. The van der Waals surface area contributed by atoms with Crippen LogP contribution in [0.25, 0.3) is 0 Å². The van der Waals surface area contributed by atoms with Crippen LogP contribution in [0.4, 0.5) is 11.6 Å². The number of carbonyl (C=O) groups excluding carboxylic acids is 1. The zero-order valence-electron chi connectivity index (χ0n) is 13.3. The lowest BCUT2D eigenvalue weighted by atomic mass is 10.2. The van der Waals surface area contributed by atoms with Crippen LogP contribution in [0.3, 0.4) is 0 Å². The van der Waals surface area contributed by atoms with Gasteiger partial charge >= 0.3 is 0 Å². The number of nitrogens with zero attached hydrogens (tertiary/aromatic N) is 4. The third-order valence-electron chi connectivity index (χ3n) is 3.36. The second-order valence-corrected chi connectivity index (χ2v) is 5.19. The Bertz CT molecular complexity index is 688. The third kappa shape index (κ3) is 4.51. The molecule has 0 saturated carbocycles. The molecule has 0 aliphatic heterocycles. The smallest absolute Gasteiger partial charge is 0.256 e. The summed E-state index contributed by atoms with van der Waals surface area (Å²) in [5.41, 5.74) is 1.84. The van der Waals surface area contributed by atoms with Gasteiger partial charge in [0.2, 0.25) is 5.95 Å². The molecule has 6 nitrogen and oxygen atoms in total. The fraction of sp³-hybridized carbons (Fsp3) is 0.294. The van der Waals surface area contributed by atoms with Crippen molar-refractivity contribution in [3.05, 3.63) is 47.8 Å². The van der Waals surface area contributed by atoms with Gasteiger partial charge in [-0.3, -0.25) is 4.79 Å². The van der Waals surface area contributed by atoms with Crippen molar-refractivity contribution in [2.45, 2.75) is 19.8 Å². The number of hydrogen-bond acceptors (Lipinski definition) is 5. The highest BCUT2D eigenvalue weighted by Crippen LogP contribution is 2.13. The fourth-order valence-corrected chi connectivity index (χ4v) is 1.98. The molecular weight excluding hydrogens is 290 g/mol. The second kappa shape index (κ2) is 7.90. The van der Waals surface area contributed by atoms with E-state index in [9.17, 15) is 4.79 Å². The van der Waals surface area contributed by atoms with E-state index < -0.39 is 0 Å². The topological polar surface area (TPSA) is 81.9 Å². The van der Waals surface area contributed by atoms with Crippen LogP contribution < -0.4 is 5.32 Å². The van der Waals surface area contributed by atoms with Crippen molar-refractivity contribution in [2.75, 3.05) is 18.9 Å². The van der Waals surface area contributed by atoms with Crippen molar-refractivity contribution in [1.29, 1.82) is 5.26 Å². The zero-order chi connectivity index (χ0) is 16.7. The first-order chi connectivity index (χ1) is 11.1. The summed E-state index contributed by atoms with van der Waals surface area (Å²) in [5, 5.41) is 11.8. The number of anilines is 2. The average molecular weight is 309 g/mol. The highest BCUT2D eigenvalue weighted by atomic mass is 16.2. The van der Waals surface area contributed by atoms with E-state index in [1.807, 2.05) is 0 Å². The summed E-state index contributed by atoms with van der Waals surface area (Å²) in [6, 6.07) is 9.04. The molecule has 6 heteroatoms. The Morgan fingerprint density at radius 1 is 1.26 bits per heavy atom. The predicted octanol–water partition coefficient (Wildman–Crippen LogP) is 2.96. The van der Waals surface area contributed by atoms with Crippen LogP contribution in [-0.4, -0.2) is 34.4 Å². The second-order valence-electron chi connectivity index (χ2n) is 5.19. The molecular formula is C17H19N5O. The Balaban J connectivity index is 2.01. The number of benzene rings is 1. The van der Waals surface area contributed by atoms with Crippen LogP contribution in [-0.2, 0) is 0 Å². The van der Waals surface area contributed by atoms with Gasteiger partial charge in [0.05, 0.1) is 17.2 Å². The molecule has 0 spiro atoms. The van der Waals surface area contributed by atoms with Gasteiger partial charge in [-0.05, 0) is 30.7 Å². The quantitative estimate of drug-likeness (QED) is 0.887. The van der Waals surface area contributed by atoms with Gasteiger partial charge in [0.15, 0.2) is 0 Å². The molecule has 0 radical (unpaired) electrons. The van der Waals surface area contributed by atoms with E-state index in [4.69, 9.17) is 5.26 Å². The maximum Gasteiger partial charge on any atom is 0.256 e. The van der Waals surface area contributed by atoms with Crippen molar-refractivity contribution >= 4 is 17.5 Å². The van der Waals surface area contributed by atoms with Crippen LogP contribution in [0.2, 0.25) is 0 Å². The van der Waals surface area contributed by atoms with Crippen molar-refractivity contribution in [1.82, 2.24) is 14.9 Å². The Morgan fingerprint density at radius 3 is 2.48 bits per heavy atom. The normalized spacial score (nSPS) is 9.96. The van der Waals surface area contributed by atoms with Gasteiger partial charge in [-0.25, -0.2) is 9.97 Å². The van der Waals surface area contributed by atoms with Gasteiger partial charge < -0.3 is 10.2 Å². The van der Waals surface area contributed by atoms with Gasteiger partial charge in [-0.2, -0.15) is 5.26 Å². The summed E-state index contributed by atoms with van der Waals surface area (Å²) in [6.07, 6.45) is 5.05. The van der Waals surface area contributed by atoms with E-state index in [1.54, 1.807) is 36.2 Å². The molecule has 2 aromatic rings. The van der Waals surface area contributed by atoms with Gasteiger partial charge in [-0.1, -0.05) is 13.3 Å². The minimum Gasteiger partial charge on any atom is -0.342 e. The first-order valence-electron chi connectivity index (χ1n) is 7.48. The molecule has 0 bridgehead atoms. The third-order valence-corrected chi connectivity index (χ3v) is 3.36. The standard InChI is InChI=1S/C17H19N5O/c1-3-4-9-22(2)16(23)14-11-19-17(20-12-14)21-15-7-5-13(10-18)6-8-15/h5-8,11-12H,3-4,9H2,1-2H3,(H,19,20,21). The van der Waals surface area contributed by atoms with Gasteiger partial charge in [-0.15, -0.1) is 0 Å². The summed E-state index contributed by atoms with van der Waals surface area (Å²) in [4.78, 5) is 22.2. The molecule has 1 aromatic heterocycles. The van der Waals surface area contributed by atoms with Crippen LogP contribution in [0.1, 0.15) is 35.7 Å². The average Bonchev–Trinajstić information content (AvgIpc) is 2.60. The van der Waals surface area contributed by atoms with Gasteiger partial charge in [0.25, 0.3) is 5.91 Å². The van der Waals surface area contributed by atoms with Gasteiger partial charge in [0, 0.05) is 31.7 Å². The number of nitriles is 1. The van der Waals surface area contributed by atoms with Crippen LogP contribution >= 0.6 is 0 Å². The van der Waals surface area contributed by atoms with E-state index in [0.717, 1.165) is 25.1 Å². The number of hydrogen-bond donors (Lipinski definition) is 1. The van der Waals surface area contributed by atoms with Gasteiger partial charge in [0.1, 0.15) is 0 Å². The molecule has 0 aliphatic carbocycles. The Morgan fingerprint density at radius 2 is 1.91 bits per heavy atom. The molecule has 1 amide bonds. The lowest BCUT2D eigenvalue weighted by molar-refractivity contribution is 0.0792. The largest absolute Gasteiger partial charge is 0.342 e. The molecule has 1 heterocycles. The van der Waals surface area contributed by atoms with Crippen LogP contribution in [0.5, 0.6) is 0 Å². The van der Waals surface area contributed by atoms with E-state index in [2.05, 4.69) is 28.3 Å². The lowest BCUT2D eigenvalue weighted by Gasteiger charge is -2.16. The molecule has 1 aromatic carbocycles. The van der Waals surface area contributed by atoms with Crippen LogP contribution in [0.15, 0.2) is 36.7 Å². The predicted molar refractivity (Wildman–Crippen MR) is 88.3 cm³/mol. The monoisotopic (exact) mass is 309 g/mol. The maximum atomic E-state index is 12.2. The molecule has 118 valence electrons. The maximum absolute atomic E-state index is 12.2. The summed E-state index contributed by atoms with van der Waals surface area (Å²) < 4.78 is 0. The van der Waals surface area contributed by atoms with E-state index in [-0.39, 0.29) is 5.91 Å². The van der Waals surface area contributed by atoms with Crippen molar-refractivity contribution in [3.8, 4) is 6.07 Å². The summed E-state index contributed by atoms with van der Waals surface area (Å²) >= 11 is 0. The molecule has 2 rings (SSSR count). The number of rotatable bonds is 6. The highest BCUT2D eigenvalue weighted by Gasteiger charge is 2.12. The molecule has 0 saturated heterocycles. The van der Waals surface area contributed by atoms with Crippen molar-refractivity contribution in [3.63, 3.8) is 0 Å².